The van der Waals surface area contributed by atoms with E-state index >= 15 is 0 Å². The van der Waals surface area contributed by atoms with Crippen LogP contribution in [0.3, 0.4) is 0 Å². The summed E-state index contributed by atoms with van der Waals surface area (Å²) in [4.78, 5) is 0.131. The topological polar surface area (TPSA) is 81.4 Å². The fraction of sp³-hybridized carbons (Fsp3) is 0.538. The number of nitrogens with two attached hydrogens (primary N) is 1. The third kappa shape index (κ3) is 4.34. The molecule has 114 valence electrons. The first-order valence-corrected chi connectivity index (χ1v) is 8.14. The molecule has 0 heterocycles. The average molecular weight is 321 g/mol. The van der Waals surface area contributed by atoms with Gasteiger partial charge in [0.15, 0.2) is 0 Å². The summed E-state index contributed by atoms with van der Waals surface area (Å²) in [7, 11) is -3.65. The van der Waals surface area contributed by atoms with Crippen LogP contribution in [0.15, 0.2) is 17.0 Å². The summed E-state index contributed by atoms with van der Waals surface area (Å²) in [6.07, 6.45) is 0. The number of aryl methyl sites for hydroxylation is 1. The minimum atomic E-state index is -3.65. The molecule has 1 rings (SSSR count). The van der Waals surface area contributed by atoms with Crippen LogP contribution in [-0.2, 0) is 14.8 Å². The monoisotopic (exact) mass is 320 g/mol. The van der Waals surface area contributed by atoms with Crippen molar-refractivity contribution in [2.24, 2.45) is 0 Å². The number of benzene rings is 1. The molecule has 3 N–H and O–H groups in total. The molecule has 0 unspecified atom stereocenters. The Bertz CT molecular complexity index is 586. The van der Waals surface area contributed by atoms with Crippen molar-refractivity contribution >= 4 is 27.3 Å². The zero-order chi connectivity index (χ0) is 15.6. The molecule has 0 atom stereocenters. The van der Waals surface area contributed by atoms with Crippen molar-refractivity contribution in [3.63, 3.8) is 0 Å². The maximum Gasteiger partial charge on any atom is 0.241 e. The van der Waals surface area contributed by atoms with E-state index in [4.69, 9.17) is 22.1 Å². The first-order valence-electron chi connectivity index (χ1n) is 6.28. The minimum absolute atomic E-state index is 0.131. The Labute approximate surface area is 125 Å². The largest absolute Gasteiger partial charge is 0.397 e. The summed E-state index contributed by atoms with van der Waals surface area (Å²) in [5.41, 5.74) is 5.88. The van der Waals surface area contributed by atoms with Crippen LogP contribution in [0.1, 0.15) is 26.3 Å². The summed E-state index contributed by atoms with van der Waals surface area (Å²) in [5, 5.41) is 0.344. The number of hydrogen-bond donors (Lipinski definition) is 2. The standard InChI is InChI=1S/C13H21ClN2O3S/c1-5-19-13(3,4)8-16-20(17,18)12-7-11(15)10(14)6-9(12)2/h6-7,16H,5,8,15H2,1-4H3. The highest BCUT2D eigenvalue weighted by atomic mass is 35.5. The van der Waals surface area contributed by atoms with Crippen LogP contribution in [0.4, 0.5) is 5.69 Å². The molecule has 20 heavy (non-hydrogen) atoms. The van der Waals surface area contributed by atoms with Gasteiger partial charge in [0.1, 0.15) is 0 Å². The molecule has 0 amide bonds. The van der Waals surface area contributed by atoms with Crippen LogP contribution in [0.5, 0.6) is 0 Å². The molecule has 0 aliphatic rings. The summed E-state index contributed by atoms with van der Waals surface area (Å²) < 4.78 is 32.6. The zero-order valence-electron chi connectivity index (χ0n) is 12.2. The predicted molar refractivity (Wildman–Crippen MR) is 81.5 cm³/mol. The Balaban J connectivity index is 2.98. The number of nitrogens with one attached hydrogen (secondary N) is 1. The summed E-state index contributed by atoms with van der Waals surface area (Å²) in [6.45, 7) is 7.87. The average Bonchev–Trinajstić information content (AvgIpc) is 2.31. The van der Waals surface area contributed by atoms with Crippen LogP contribution in [-0.4, -0.2) is 27.2 Å². The second-order valence-electron chi connectivity index (χ2n) is 5.16. The van der Waals surface area contributed by atoms with Crippen LogP contribution < -0.4 is 10.5 Å². The zero-order valence-corrected chi connectivity index (χ0v) is 13.7. The maximum absolute atomic E-state index is 12.3. The van der Waals surface area contributed by atoms with E-state index < -0.39 is 15.6 Å². The molecule has 0 spiro atoms. The van der Waals surface area contributed by atoms with Crippen molar-refractivity contribution in [1.29, 1.82) is 0 Å². The second kappa shape index (κ2) is 6.30. The lowest BCUT2D eigenvalue weighted by Crippen LogP contribution is -2.40. The van der Waals surface area contributed by atoms with Gasteiger partial charge >= 0.3 is 0 Å². The normalized spacial score (nSPS) is 12.7. The molecular formula is C13H21ClN2O3S. The van der Waals surface area contributed by atoms with E-state index in [1.54, 1.807) is 13.0 Å². The van der Waals surface area contributed by atoms with Gasteiger partial charge in [0.2, 0.25) is 10.0 Å². The Morgan fingerprint density at radius 1 is 1.40 bits per heavy atom. The predicted octanol–water partition coefficient (Wildman–Crippen LogP) is 2.32. The molecule has 5 nitrogen and oxygen atoms in total. The van der Waals surface area contributed by atoms with E-state index in [1.165, 1.54) is 6.07 Å². The fourth-order valence-corrected chi connectivity index (χ4v) is 3.42. The van der Waals surface area contributed by atoms with E-state index in [1.807, 2.05) is 20.8 Å². The SMILES string of the molecule is CCOC(C)(C)CNS(=O)(=O)c1cc(N)c(Cl)cc1C. The summed E-state index contributed by atoms with van der Waals surface area (Å²) in [6, 6.07) is 2.91. The van der Waals surface area contributed by atoms with Gasteiger partial charge < -0.3 is 10.5 Å². The lowest BCUT2D eigenvalue weighted by atomic mass is 10.1. The molecule has 0 aromatic heterocycles. The molecule has 0 aliphatic carbocycles. The van der Waals surface area contributed by atoms with E-state index in [2.05, 4.69) is 4.72 Å². The Kier molecular flexibility index (Phi) is 5.43. The van der Waals surface area contributed by atoms with Gasteiger partial charge in [-0.25, -0.2) is 13.1 Å². The maximum atomic E-state index is 12.3. The highest BCUT2D eigenvalue weighted by molar-refractivity contribution is 7.89. The molecule has 1 aromatic carbocycles. The van der Waals surface area contributed by atoms with Crippen LogP contribution in [0, 0.1) is 6.92 Å². The van der Waals surface area contributed by atoms with Gasteiger partial charge in [0, 0.05) is 13.2 Å². The van der Waals surface area contributed by atoms with Crippen molar-refractivity contribution in [1.82, 2.24) is 4.72 Å². The van der Waals surface area contributed by atoms with Gasteiger partial charge in [-0.05, 0) is 45.4 Å². The summed E-state index contributed by atoms with van der Waals surface area (Å²) in [5.74, 6) is 0. The molecule has 7 heteroatoms. The van der Waals surface area contributed by atoms with Crippen molar-refractivity contribution in [3.8, 4) is 0 Å². The number of halogens is 1. The molecule has 0 bridgehead atoms. The Morgan fingerprint density at radius 3 is 2.55 bits per heavy atom. The van der Waals surface area contributed by atoms with Crippen LogP contribution >= 0.6 is 11.6 Å². The highest BCUT2D eigenvalue weighted by Crippen LogP contribution is 2.26. The molecule has 0 saturated heterocycles. The number of rotatable bonds is 6. The van der Waals surface area contributed by atoms with Gasteiger partial charge in [-0.15, -0.1) is 0 Å². The third-order valence-corrected chi connectivity index (χ3v) is 4.68. The van der Waals surface area contributed by atoms with Gasteiger partial charge in [0.25, 0.3) is 0 Å². The first kappa shape index (κ1) is 17.2. The van der Waals surface area contributed by atoms with E-state index in [0.29, 0.717) is 17.2 Å². The van der Waals surface area contributed by atoms with Crippen LogP contribution in [0.2, 0.25) is 5.02 Å². The van der Waals surface area contributed by atoms with Crippen molar-refractivity contribution in [2.45, 2.75) is 38.2 Å². The van der Waals surface area contributed by atoms with Crippen molar-refractivity contribution in [3.05, 3.63) is 22.7 Å². The molecule has 0 fully saturated rings. The number of anilines is 1. The van der Waals surface area contributed by atoms with Crippen molar-refractivity contribution in [2.75, 3.05) is 18.9 Å². The van der Waals surface area contributed by atoms with Crippen molar-refractivity contribution < 1.29 is 13.2 Å². The molecular weight excluding hydrogens is 300 g/mol. The van der Waals surface area contributed by atoms with E-state index in [-0.39, 0.29) is 17.1 Å². The van der Waals surface area contributed by atoms with E-state index in [9.17, 15) is 8.42 Å². The lowest BCUT2D eigenvalue weighted by Gasteiger charge is -2.25. The number of nitrogen functional groups attached to an aromatic ring is 1. The number of ether oxygens (including phenoxy) is 1. The minimum Gasteiger partial charge on any atom is -0.397 e. The first-order chi connectivity index (χ1) is 9.09. The lowest BCUT2D eigenvalue weighted by molar-refractivity contribution is -0.00515. The van der Waals surface area contributed by atoms with Gasteiger partial charge in [-0.1, -0.05) is 11.6 Å². The quantitative estimate of drug-likeness (QED) is 0.788. The Hall–Kier alpha value is -0.820. The molecule has 1 aromatic rings. The number of sulfonamides is 1. The Morgan fingerprint density at radius 2 is 2.00 bits per heavy atom. The molecule has 0 radical (unpaired) electrons. The fourth-order valence-electron chi connectivity index (χ4n) is 1.75. The molecule has 0 saturated carbocycles. The van der Waals surface area contributed by atoms with E-state index in [0.717, 1.165) is 0 Å². The second-order valence-corrected chi connectivity index (χ2v) is 7.30. The number of hydrogen-bond acceptors (Lipinski definition) is 4. The smallest absolute Gasteiger partial charge is 0.241 e. The van der Waals surface area contributed by atoms with Gasteiger partial charge in [0.05, 0.1) is 21.2 Å². The highest BCUT2D eigenvalue weighted by Gasteiger charge is 2.24. The summed E-state index contributed by atoms with van der Waals surface area (Å²) >= 11 is 5.87. The third-order valence-electron chi connectivity index (χ3n) is 2.81. The van der Waals surface area contributed by atoms with Gasteiger partial charge in [-0.3, -0.25) is 0 Å². The molecule has 0 aliphatic heterocycles. The van der Waals surface area contributed by atoms with Gasteiger partial charge in [-0.2, -0.15) is 0 Å². The van der Waals surface area contributed by atoms with Crippen LogP contribution in [0.25, 0.3) is 0 Å².